The van der Waals surface area contributed by atoms with E-state index in [2.05, 4.69) is 48.7 Å². The number of nitriles is 1. The summed E-state index contributed by atoms with van der Waals surface area (Å²) in [6.07, 6.45) is -0.484. The fourth-order valence-electron chi connectivity index (χ4n) is 7.63. The normalized spacial score (nSPS) is 18.2. The number of carbonyl (C=O) groups excluding carboxylic acids is 1. The summed E-state index contributed by atoms with van der Waals surface area (Å²) < 4.78 is 42.3. The van der Waals surface area contributed by atoms with E-state index in [0.29, 0.717) is 17.1 Å². The van der Waals surface area contributed by atoms with Crippen molar-refractivity contribution in [2.75, 3.05) is 32.8 Å². The fourth-order valence-corrected chi connectivity index (χ4v) is 9.47. The number of carbonyl (C=O) groups is 1. The third kappa shape index (κ3) is 10.4. The third-order valence-corrected chi connectivity index (χ3v) is 12.7. The molecule has 0 bridgehead atoms. The Kier molecular flexibility index (Phi) is 15.4. The Morgan fingerprint density at radius 1 is 0.869 bits per heavy atom. The first-order valence-electron chi connectivity index (χ1n) is 20.3. The lowest BCUT2D eigenvalue weighted by Crippen LogP contribution is -2.40. The number of nitrogens with one attached hydrogen (secondary N) is 1. The molecular weight excluding hydrogens is 794 g/mol. The zero-order chi connectivity index (χ0) is 43.5. The summed E-state index contributed by atoms with van der Waals surface area (Å²) >= 11 is 0. The third-order valence-electron chi connectivity index (χ3n) is 10.5. The minimum Gasteiger partial charge on any atom is -0.497 e. The maximum Gasteiger partial charge on any atom is 0.351 e. The predicted molar refractivity (Wildman–Crippen MR) is 234 cm³/mol. The molecule has 61 heavy (non-hydrogen) atoms. The van der Waals surface area contributed by atoms with Crippen molar-refractivity contribution in [1.82, 2.24) is 14.2 Å². The molecule has 1 aliphatic heterocycles. The summed E-state index contributed by atoms with van der Waals surface area (Å²) in [6.45, 7) is 10.4. The van der Waals surface area contributed by atoms with E-state index >= 15 is 0 Å². The van der Waals surface area contributed by atoms with Crippen molar-refractivity contribution >= 4 is 20.3 Å². The van der Waals surface area contributed by atoms with Crippen molar-refractivity contribution in [3.8, 4) is 17.6 Å². The number of ether oxygens (including phenoxy) is 4. The van der Waals surface area contributed by atoms with Crippen LogP contribution in [0.5, 0.6) is 11.5 Å². The molecule has 0 saturated carbocycles. The highest BCUT2D eigenvalue weighted by atomic mass is 31.2. The van der Waals surface area contributed by atoms with Gasteiger partial charge in [-0.3, -0.25) is 9.36 Å². The predicted octanol–water partition coefficient (Wildman–Crippen LogP) is 8.72. The number of methoxy groups -OCH3 is 2. The maximum absolute atomic E-state index is 13.8. The molecule has 13 nitrogen and oxygen atoms in total. The number of rotatable bonds is 19. The molecule has 4 aromatic carbocycles. The molecule has 5 atom stereocenters. The van der Waals surface area contributed by atoms with Crippen LogP contribution >= 0.6 is 8.53 Å². The number of hydrogen-bond acceptors (Lipinski definition) is 11. The van der Waals surface area contributed by atoms with Crippen LogP contribution in [-0.4, -0.2) is 71.9 Å². The molecule has 5 aromatic rings. The number of hydrogen-bond donors (Lipinski definition) is 1. The molecule has 14 heteroatoms. The zero-order valence-electron chi connectivity index (χ0n) is 35.6. The smallest absolute Gasteiger partial charge is 0.351 e. The Bertz CT molecular complexity index is 2210. The van der Waals surface area contributed by atoms with Crippen molar-refractivity contribution in [3.05, 3.63) is 154 Å². The van der Waals surface area contributed by atoms with Crippen LogP contribution in [0.1, 0.15) is 74.3 Å². The Balaban J connectivity index is 1.42. The molecule has 2 heterocycles. The van der Waals surface area contributed by atoms with Gasteiger partial charge in [0.1, 0.15) is 41.4 Å². The van der Waals surface area contributed by atoms with Crippen molar-refractivity contribution in [2.45, 2.75) is 77.2 Å². The van der Waals surface area contributed by atoms with E-state index in [1.54, 1.807) is 50.7 Å². The summed E-state index contributed by atoms with van der Waals surface area (Å²) in [4.78, 5) is 31.0. The molecule has 0 aliphatic carbocycles. The molecule has 1 amide bonds. The van der Waals surface area contributed by atoms with Crippen molar-refractivity contribution in [2.24, 2.45) is 5.92 Å². The molecule has 1 fully saturated rings. The minimum atomic E-state index is -1.73. The SMILES string of the molecule is COc1ccc(C(OC[C@H]2O[C@@H](n3ccc(NC(=O)c4ccccc4)nc3=O)[C@@H](C)[C@@H]2OP(OCCC#N)N(C(C)C)C(C)C)(c2ccccc2)c2ccc(OC)cc2)cc1. The first-order valence-corrected chi connectivity index (χ1v) is 21.5. The summed E-state index contributed by atoms with van der Waals surface area (Å²) in [7, 11) is 1.53. The van der Waals surface area contributed by atoms with Gasteiger partial charge < -0.3 is 33.3 Å². The van der Waals surface area contributed by atoms with Gasteiger partial charge in [-0.25, -0.2) is 9.46 Å². The number of anilines is 1. The Labute approximate surface area is 359 Å². The number of aromatic nitrogens is 2. The van der Waals surface area contributed by atoms with Crippen LogP contribution in [0.2, 0.25) is 0 Å². The van der Waals surface area contributed by atoms with Gasteiger partial charge in [-0.2, -0.15) is 10.2 Å². The summed E-state index contributed by atoms with van der Waals surface area (Å²) in [5, 5.41) is 12.1. The highest BCUT2D eigenvalue weighted by Gasteiger charge is 2.49. The Morgan fingerprint density at radius 3 is 1.95 bits per heavy atom. The first-order chi connectivity index (χ1) is 29.5. The highest BCUT2D eigenvalue weighted by molar-refractivity contribution is 7.44. The van der Waals surface area contributed by atoms with Gasteiger partial charge >= 0.3 is 5.69 Å². The van der Waals surface area contributed by atoms with Gasteiger partial charge in [-0.1, -0.05) is 79.7 Å². The Hall–Kier alpha value is -5.45. The van der Waals surface area contributed by atoms with E-state index in [9.17, 15) is 14.9 Å². The zero-order valence-corrected chi connectivity index (χ0v) is 36.5. The molecule has 0 spiro atoms. The Morgan fingerprint density at radius 2 is 1.43 bits per heavy atom. The molecule has 1 aliphatic rings. The molecule has 1 saturated heterocycles. The fraction of sp³-hybridized carbons (Fsp3) is 0.362. The van der Waals surface area contributed by atoms with Crippen LogP contribution in [0.15, 0.2) is 126 Å². The lowest BCUT2D eigenvalue weighted by Gasteiger charge is -2.39. The monoisotopic (exact) mass is 847 g/mol. The van der Waals surface area contributed by atoms with Crippen LogP contribution in [0.4, 0.5) is 5.82 Å². The molecule has 1 unspecified atom stereocenters. The van der Waals surface area contributed by atoms with Gasteiger partial charge in [0.05, 0.1) is 39.9 Å². The summed E-state index contributed by atoms with van der Waals surface area (Å²) in [5.74, 6) is 0.676. The molecule has 1 N–H and O–H groups in total. The van der Waals surface area contributed by atoms with Crippen molar-refractivity contribution in [1.29, 1.82) is 5.26 Å². The highest BCUT2D eigenvalue weighted by Crippen LogP contribution is 2.52. The lowest BCUT2D eigenvalue weighted by molar-refractivity contribution is -0.0931. The van der Waals surface area contributed by atoms with Crippen LogP contribution < -0.4 is 20.5 Å². The van der Waals surface area contributed by atoms with Crippen molar-refractivity contribution < 1.29 is 32.8 Å². The van der Waals surface area contributed by atoms with E-state index in [1.807, 2.05) is 91.9 Å². The van der Waals surface area contributed by atoms with E-state index in [-0.39, 0.29) is 43.4 Å². The van der Waals surface area contributed by atoms with Crippen LogP contribution in [0.3, 0.4) is 0 Å². The largest absolute Gasteiger partial charge is 0.497 e. The number of benzene rings is 4. The van der Waals surface area contributed by atoms with Crippen LogP contribution in [-0.2, 0) is 24.1 Å². The van der Waals surface area contributed by atoms with E-state index in [1.165, 1.54) is 4.57 Å². The van der Waals surface area contributed by atoms with E-state index < -0.39 is 44.2 Å². The van der Waals surface area contributed by atoms with Gasteiger partial charge in [0.2, 0.25) is 0 Å². The summed E-state index contributed by atoms with van der Waals surface area (Å²) in [5.41, 5.74) is 1.20. The minimum absolute atomic E-state index is 0.0105. The van der Waals surface area contributed by atoms with E-state index in [0.717, 1.165) is 16.7 Å². The average Bonchev–Trinajstić information content (AvgIpc) is 3.58. The van der Waals surface area contributed by atoms with Gasteiger partial charge in [0, 0.05) is 29.8 Å². The molecule has 0 radical (unpaired) electrons. The molecule has 6 rings (SSSR count). The average molecular weight is 848 g/mol. The first kappa shape index (κ1) is 45.1. The van der Waals surface area contributed by atoms with Gasteiger partial charge in [-0.05, 0) is 86.8 Å². The second kappa shape index (κ2) is 20.9. The van der Waals surface area contributed by atoms with Crippen LogP contribution in [0.25, 0.3) is 0 Å². The molecule has 1 aromatic heterocycles. The van der Waals surface area contributed by atoms with Crippen molar-refractivity contribution in [3.63, 3.8) is 0 Å². The topological polar surface area (TPSA) is 146 Å². The lowest BCUT2D eigenvalue weighted by atomic mass is 9.80. The van der Waals surface area contributed by atoms with Crippen LogP contribution in [0, 0.1) is 17.2 Å². The molecule has 320 valence electrons. The molecular formula is C47H54N5O8P. The second-order valence-corrected chi connectivity index (χ2v) is 16.6. The number of amides is 1. The van der Waals surface area contributed by atoms with Gasteiger partial charge in [0.25, 0.3) is 14.4 Å². The standard InChI is InChI=1S/C47H54N5O8P/c1-32(2)52(33(3)4)61(58-30-14-28-48)60-43-34(5)45(51-29-27-42(50-46(51)54)49-44(53)35-15-10-8-11-16-35)59-41(43)31-57-47(36-17-12-9-13-18-36,37-19-23-39(55-6)24-20-37)38-21-25-40(56-7)26-22-38/h8-13,15-27,29,32-34,41,43,45H,14,30-31H2,1-7H3,(H,49,50,53,54)/t34-,41+,43-,45+,61?/m0/s1. The number of nitrogens with zero attached hydrogens (tertiary/aromatic N) is 4. The quantitative estimate of drug-likeness (QED) is 0.0484. The maximum atomic E-state index is 13.8. The van der Waals surface area contributed by atoms with E-state index in [4.69, 9.17) is 28.0 Å². The van der Waals surface area contributed by atoms with Gasteiger partial charge in [-0.15, -0.1) is 0 Å². The summed E-state index contributed by atoms with van der Waals surface area (Å²) in [6, 6.07) is 38.0. The van der Waals surface area contributed by atoms with Gasteiger partial charge in [0.15, 0.2) is 0 Å². The second-order valence-electron chi connectivity index (χ2n) is 15.2.